The molecule has 7 nitrogen and oxygen atoms in total. The van der Waals surface area contributed by atoms with Crippen LogP contribution in [0.1, 0.15) is 0 Å². The van der Waals surface area contributed by atoms with Crippen molar-refractivity contribution in [3.8, 4) is 23.5 Å². The Morgan fingerprint density at radius 2 is 1.00 bits per heavy atom. The van der Waals surface area contributed by atoms with E-state index in [4.69, 9.17) is 0 Å². The zero-order valence-electron chi connectivity index (χ0n) is 9.43. The molecule has 0 amide bonds. The van der Waals surface area contributed by atoms with Gasteiger partial charge in [0.05, 0.1) is 19.2 Å². The molecule has 2 aromatic rings. The topological polar surface area (TPSA) is 111 Å². The Balaban J connectivity index is 2.08. The molecule has 0 aliphatic rings. The summed E-state index contributed by atoms with van der Waals surface area (Å²) in [6.45, 7) is -0.135. The number of rotatable bonds is 4. The van der Waals surface area contributed by atoms with Gasteiger partial charge in [-0.15, -0.1) is 0 Å². The first kappa shape index (κ1) is 12.2. The average molecular weight is 254 g/mol. The van der Waals surface area contributed by atoms with E-state index in [-0.39, 0.29) is 36.6 Å². The van der Waals surface area contributed by atoms with E-state index >= 15 is 0 Å². The maximum atomic E-state index is 9.80. The van der Waals surface area contributed by atoms with Gasteiger partial charge in [0.25, 0.3) is 0 Å². The monoisotopic (exact) mass is 254 g/mol. The van der Waals surface area contributed by atoms with E-state index in [2.05, 4.69) is 0 Å². The lowest BCUT2D eigenvalue weighted by atomic mass is 10.3. The number of hydrogen-bond donors (Lipinski definition) is 5. The lowest BCUT2D eigenvalue weighted by Gasteiger charge is -2.15. The van der Waals surface area contributed by atoms with Crippen molar-refractivity contribution < 1.29 is 25.5 Å². The molecule has 18 heavy (non-hydrogen) atoms. The molecule has 0 atom stereocenters. The van der Waals surface area contributed by atoms with Crippen LogP contribution in [0.5, 0.6) is 23.5 Å². The van der Waals surface area contributed by atoms with E-state index in [1.165, 1.54) is 24.3 Å². The van der Waals surface area contributed by atoms with Crippen LogP contribution >= 0.6 is 0 Å². The summed E-state index contributed by atoms with van der Waals surface area (Å²) in [6, 6.07) is 5.19. The predicted octanol–water partition coefficient (Wildman–Crippen LogP) is 0.173. The maximum Gasteiger partial charge on any atom is 0.193 e. The lowest BCUT2D eigenvalue weighted by Crippen LogP contribution is -2.21. The number of aromatic hydroxyl groups is 4. The van der Waals surface area contributed by atoms with Gasteiger partial charge in [-0.3, -0.25) is 9.13 Å². The van der Waals surface area contributed by atoms with E-state index in [1.54, 1.807) is 0 Å². The second kappa shape index (κ2) is 4.53. The molecule has 7 heteroatoms. The molecule has 98 valence electrons. The van der Waals surface area contributed by atoms with Crippen LogP contribution in [0, 0.1) is 0 Å². The first-order valence-electron chi connectivity index (χ1n) is 5.32. The summed E-state index contributed by atoms with van der Waals surface area (Å²) >= 11 is 0. The number of aliphatic hydroxyl groups excluding tert-OH is 1. The van der Waals surface area contributed by atoms with E-state index in [0.29, 0.717) is 0 Å². The van der Waals surface area contributed by atoms with Crippen LogP contribution in [0.25, 0.3) is 0 Å². The lowest BCUT2D eigenvalue weighted by molar-refractivity contribution is 0.121. The Labute approximate surface area is 102 Å². The minimum absolute atomic E-state index is 0.0677. The van der Waals surface area contributed by atoms with Gasteiger partial charge in [-0.2, -0.15) is 0 Å². The minimum atomic E-state index is -1.00. The molecule has 0 saturated carbocycles. The first-order valence-corrected chi connectivity index (χ1v) is 5.32. The van der Waals surface area contributed by atoms with Crippen LogP contribution in [-0.2, 0) is 13.1 Å². The molecule has 2 rings (SSSR count). The third-order valence-corrected chi connectivity index (χ3v) is 2.66. The number of aliphatic hydroxyl groups is 1. The third kappa shape index (κ3) is 2.21. The van der Waals surface area contributed by atoms with Crippen molar-refractivity contribution in [2.24, 2.45) is 0 Å². The molecular weight excluding hydrogens is 240 g/mol. The van der Waals surface area contributed by atoms with Gasteiger partial charge in [-0.1, -0.05) is 0 Å². The average Bonchev–Trinajstić information content (AvgIpc) is 2.79. The van der Waals surface area contributed by atoms with Crippen molar-refractivity contribution in [3.05, 3.63) is 24.3 Å². The van der Waals surface area contributed by atoms with Crippen LogP contribution < -0.4 is 0 Å². The Morgan fingerprint density at radius 1 is 0.722 bits per heavy atom. The molecule has 2 aromatic heterocycles. The minimum Gasteiger partial charge on any atom is -0.494 e. The third-order valence-electron chi connectivity index (χ3n) is 2.66. The Hall–Kier alpha value is -2.28. The van der Waals surface area contributed by atoms with Crippen LogP contribution in [0.2, 0.25) is 0 Å². The Morgan fingerprint density at radius 3 is 1.28 bits per heavy atom. The van der Waals surface area contributed by atoms with Crippen molar-refractivity contribution in [2.45, 2.75) is 19.2 Å². The van der Waals surface area contributed by atoms with Gasteiger partial charge >= 0.3 is 0 Å². The van der Waals surface area contributed by atoms with Crippen molar-refractivity contribution in [1.29, 1.82) is 0 Å². The largest absolute Gasteiger partial charge is 0.494 e. The van der Waals surface area contributed by atoms with Gasteiger partial charge < -0.3 is 25.5 Å². The normalized spacial score (nSPS) is 11.2. The standard InChI is InChI=1S/C11H14N2O5/c14-7(5-12-8(15)1-2-9(12)16)6-13-10(17)3-4-11(13)18/h1-4,7,14-18H,5-6H2. The summed E-state index contributed by atoms with van der Waals surface area (Å²) < 4.78 is 2.23. The fourth-order valence-electron chi connectivity index (χ4n) is 1.75. The zero-order chi connectivity index (χ0) is 13.3. The Kier molecular flexibility index (Phi) is 3.07. The molecule has 0 saturated heterocycles. The van der Waals surface area contributed by atoms with Crippen molar-refractivity contribution >= 4 is 0 Å². The second-order valence-corrected chi connectivity index (χ2v) is 3.97. The summed E-state index contributed by atoms with van der Waals surface area (Å²) in [5, 5.41) is 47.4. The van der Waals surface area contributed by atoms with E-state index in [0.717, 1.165) is 9.13 Å². The molecule has 5 N–H and O–H groups in total. The predicted molar refractivity (Wildman–Crippen MR) is 61.5 cm³/mol. The van der Waals surface area contributed by atoms with Gasteiger partial charge in [0.15, 0.2) is 23.5 Å². The molecule has 0 aromatic carbocycles. The number of hydrogen-bond acceptors (Lipinski definition) is 5. The molecule has 0 radical (unpaired) electrons. The Bertz CT molecular complexity index is 458. The number of aromatic nitrogens is 2. The SMILES string of the molecule is Oc1ccc(O)n1CC(O)Cn1c(O)ccc1O. The smallest absolute Gasteiger partial charge is 0.193 e. The quantitative estimate of drug-likeness (QED) is 0.534. The highest BCUT2D eigenvalue weighted by Gasteiger charge is 2.15. The molecule has 0 spiro atoms. The van der Waals surface area contributed by atoms with E-state index in [1.807, 2.05) is 0 Å². The van der Waals surface area contributed by atoms with Crippen LogP contribution in [0.15, 0.2) is 24.3 Å². The number of nitrogens with zero attached hydrogens (tertiary/aromatic N) is 2. The fraction of sp³-hybridized carbons (Fsp3) is 0.273. The highest BCUT2D eigenvalue weighted by Crippen LogP contribution is 2.24. The summed E-state index contributed by atoms with van der Waals surface area (Å²) in [4.78, 5) is 0. The second-order valence-electron chi connectivity index (χ2n) is 3.97. The summed E-state index contributed by atoms with van der Waals surface area (Å²) in [5.74, 6) is -0.694. The zero-order valence-corrected chi connectivity index (χ0v) is 9.43. The highest BCUT2D eigenvalue weighted by molar-refractivity contribution is 5.25. The van der Waals surface area contributed by atoms with Crippen molar-refractivity contribution in [3.63, 3.8) is 0 Å². The van der Waals surface area contributed by atoms with Crippen LogP contribution in [0.3, 0.4) is 0 Å². The molecule has 0 fully saturated rings. The van der Waals surface area contributed by atoms with Gasteiger partial charge in [-0.25, -0.2) is 0 Å². The van der Waals surface area contributed by atoms with Gasteiger partial charge in [-0.05, 0) is 0 Å². The van der Waals surface area contributed by atoms with Crippen LogP contribution in [-0.4, -0.2) is 40.8 Å². The van der Waals surface area contributed by atoms with Gasteiger partial charge in [0.1, 0.15) is 0 Å². The molecule has 0 unspecified atom stereocenters. The first-order chi connectivity index (χ1) is 8.49. The highest BCUT2D eigenvalue weighted by atomic mass is 16.3. The molecule has 0 aliphatic heterocycles. The van der Waals surface area contributed by atoms with Gasteiger partial charge in [0.2, 0.25) is 0 Å². The van der Waals surface area contributed by atoms with Crippen LogP contribution in [0.4, 0.5) is 0 Å². The van der Waals surface area contributed by atoms with Crippen molar-refractivity contribution in [1.82, 2.24) is 9.13 Å². The summed E-state index contributed by atoms with van der Waals surface area (Å²) in [6.07, 6.45) is -1.00. The summed E-state index contributed by atoms with van der Waals surface area (Å²) in [5.41, 5.74) is 0. The fourth-order valence-corrected chi connectivity index (χ4v) is 1.75. The molecule has 2 heterocycles. The molecular formula is C11H14N2O5. The van der Waals surface area contributed by atoms with Gasteiger partial charge in [0, 0.05) is 24.3 Å². The van der Waals surface area contributed by atoms with E-state index < -0.39 is 6.10 Å². The molecule has 0 bridgehead atoms. The summed E-state index contributed by atoms with van der Waals surface area (Å²) in [7, 11) is 0. The molecule has 0 aliphatic carbocycles. The maximum absolute atomic E-state index is 9.80. The van der Waals surface area contributed by atoms with E-state index in [9.17, 15) is 25.5 Å². The van der Waals surface area contributed by atoms with Crippen molar-refractivity contribution in [2.75, 3.05) is 0 Å².